The molecule has 27 heavy (non-hydrogen) atoms. The Balaban J connectivity index is 2.18. The highest BCUT2D eigenvalue weighted by atomic mass is 32.2. The van der Waals surface area contributed by atoms with Crippen LogP contribution in [-0.2, 0) is 10.3 Å². The SMILES string of the molecule is O=[N+]([O-])c1ccc(N(c2ccccc2)S(=O)(=O)O)c(Oc2ccccc2)c1. The Morgan fingerprint density at radius 2 is 1.52 bits per heavy atom. The molecular formula is C18H14N2O6S. The lowest BCUT2D eigenvalue weighted by Gasteiger charge is -2.23. The van der Waals surface area contributed by atoms with E-state index >= 15 is 0 Å². The zero-order valence-electron chi connectivity index (χ0n) is 13.8. The van der Waals surface area contributed by atoms with Crippen LogP contribution in [0.1, 0.15) is 0 Å². The van der Waals surface area contributed by atoms with Crippen LogP contribution in [0.4, 0.5) is 17.1 Å². The first-order valence-corrected chi connectivity index (χ1v) is 9.10. The highest BCUT2D eigenvalue weighted by Crippen LogP contribution is 2.40. The molecule has 0 aliphatic rings. The summed E-state index contributed by atoms with van der Waals surface area (Å²) < 4.78 is 40.2. The van der Waals surface area contributed by atoms with Crippen molar-refractivity contribution in [3.8, 4) is 11.5 Å². The number of hydrogen-bond donors (Lipinski definition) is 1. The van der Waals surface area contributed by atoms with E-state index in [9.17, 15) is 23.1 Å². The van der Waals surface area contributed by atoms with Crippen molar-refractivity contribution in [3.05, 3.63) is 89.0 Å². The van der Waals surface area contributed by atoms with Crippen LogP contribution in [0.3, 0.4) is 0 Å². The van der Waals surface area contributed by atoms with Gasteiger partial charge in [-0.1, -0.05) is 36.4 Å². The normalized spacial score (nSPS) is 11.0. The Kier molecular flexibility index (Phi) is 5.06. The third-order valence-corrected chi connectivity index (χ3v) is 4.43. The van der Waals surface area contributed by atoms with Crippen LogP contribution < -0.4 is 9.04 Å². The summed E-state index contributed by atoms with van der Waals surface area (Å²) in [6.07, 6.45) is 0. The third kappa shape index (κ3) is 4.22. The average molecular weight is 386 g/mol. The van der Waals surface area contributed by atoms with Crippen LogP contribution in [0.25, 0.3) is 0 Å². The maximum Gasteiger partial charge on any atom is 0.364 e. The predicted molar refractivity (Wildman–Crippen MR) is 99.7 cm³/mol. The zero-order valence-corrected chi connectivity index (χ0v) is 14.6. The number of benzene rings is 3. The van der Waals surface area contributed by atoms with Crippen molar-refractivity contribution in [3.63, 3.8) is 0 Å². The quantitative estimate of drug-likeness (QED) is 0.384. The van der Waals surface area contributed by atoms with Crippen LogP contribution in [0.2, 0.25) is 0 Å². The van der Waals surface area contributed by atoms with Gasteiger partial charge in [0.2, 0.25) is 0 Å². The zero-order chi connectivity index (χ0) is 19.4. The van der Waals surface area contributed by atoms with Gasteiger partial charge in [0.1, 0.15) is 11.4 Å². The average Bonchev–Trinajstić information content (AvgIpc) is 2.63. The second kappa shape index (κ2) is 7.44. The van der Waals surface area contributed by atoms with Crippen LogP contribution >= 0.6 is 0 Å². The Bertz CT molecular complexity index is 1060. The minimum absolute atomic E-state index is 0.0712. The fourth-order valence-electron chi connectivity index (χ4n) is 2.44. The highest BCUT2D eigenvalue weighted by Gasteiger charge is 2.27. The third-order valence-electron chi connectivity index (χ3n) is 3.57. The smallest absolute Gasteiger partial charge is 0.364 e. The summed E-state index contributed by atoms with van der Waals surface area (Å²) in [5.41, 5.74) is -0.210. The van der Waals surface area contributed by atoms with Gasteiger partial charge in [-0.2, -0.15) is 8.42 Å². The van der Waals surface area contributed by atoms with Gasteiger partial charge in [-0.3, -0.25) is 14.7 Å². The first-order valence-electron chi connectivity index (χ1n) is 7.70. The molecule has 3 aromatic carbocycles. The highest BCUT2D eigenvalue weighted by molar-refractivity contribution is 7.87. The molecular weight excluding hydrogens is 372 g/mol. The van der Waals surface area contributed by atoms with Gasteiger partial charge >= 0.3 is 10.3 Å². The van der Waals surface area contributed by atoms with Crippen LogP contribution in [0, 0.1) is 10.1 Å². The van der Waals surface area contributed by atoms with Gasteiger partial charge in [0.05, 0.1) is 16.7 Å². The molecule has 0 heterocycles. The van der Waals surface area contributed by atoms with Crippen LogP contribution in [-0.4, -0.2) is 17.9 Å². The van der Waals surface area contributed by atoms with Gasteiger partial charge in [0, 0.05) is 6.07 Å². The summed E-state index contributed by atoms with van der Waals surface area (Å²) in [5.74, 6) is 0.250. The van der Waals surface area contributed by atoms with E-state index in [-0.39, 0.29) is 22.8 Å². The molecule has 1 N–H and O–H groups in total. The van der Waals surface area contributed by atoms with Crippen molar-refractivity contribution in [2.24, 2.45) is 0 Å². The maximum atomic E-state index is 12.0. The fraction of sp³-hybridized carbons (Fsp3) is 0. The number of para-hydroxylation sites is 2. The number of nitrogens with zero attached hydrogens (tertiary/aromatic N) is 2. The number of nitro groups is 1. The van der Waals surface area contributed by atoms with Gasteiger partial charge in [-0.05, 0) is 30.3 Å². The molecule has 0 unspecified atom stereocenters. The van der Waals surface area contributed by atoms with Crippen molar-refractivity contribution < 1.29 is 22.6 Å². The molecule has 0 spiro atoms. The van der Waals surface area contributed by atoms with Gasteiger partial charge < -0.3 is 4.74 Å². The van der Waals surface area contributed by atoms with E-state index < -0.39 is 15.2 Å². The molecule has 0 aliphatic carbocycles. The molecule has 0 amide bonds. The fourth-order valence-corrected chi connectivity index (χ4v) is 3.23. The topological polar surface area (TPSA) is 110 Å². The summed E-state index contributed by atoms with van der Waals surface area (Å²) in [6.45, 7) is 0. The summed E-state index contributed by atoms with van der Waals surface area (Å²) in [5, 5.41) is 11.1. The lowest BCUT2D eigenvalue weighted by atomic mass is 10.2. The van der Waals surface area contributed by atoms with E-state index in [0.29, 0.717) is 10.1 Å². The number of anilines is 2. The van der Waals surface area contributed by atoms with E-state index in [1.165, 1.54) is 18.2 Å². The number of hydrogen-bond acceptors (Lipinski definition) is 5. The monoisotopic (exact) mass is 386 g/mol. The minimum Gasteiger partial charge on any atom is -0.455 e. The number of nitro benzene ring substituents is 1. The van der Waals surface area contributed by atoms with E-state index in [4.69, 9.17) is 4.74 Å². The van der Waals surface area contributed by atoms with Crippen molar-refractivity contribution in [2.45, 2.75) is 0 Å². The molecule has 3 rings (SSSR count). The summed E-state index contributed by atoms with van der Waals surface area (Å²) in [4.78, 5) is 10.5. The number of non-ortho nitro benzene ring substituents is 1. The molecule has 0 atom stereocenters. The lowest BCUT2D eigenvalue weighted by Crippen LogP contribution is -2.25. The molecule has 0 aromatic heterocycles. The number of rotatable bonds is 6. The molecule has 8 nitrogen and oxygen atoms in total. The first kappa shape index (κ1) is 18.4. The summed E-state index contributed by atoms with van der Waals surface area (Å²) in [6, 6.07) is 19.6. The molecule has 0 radical (unpaired) electrons. The standard InChI is InChI=1S/C18H14N2O6S/c21-20(22)15-11-12-17(18(13-15)26-16-9-5-2-6-10-16)19(27(23,24)25)14-7-3-1-4-8-14/h1-13H,(H,23,24,25). The van der Waals surface area contributed by atoms with Crippen molar-refractivity contribution in [2.75, 3.05) is 4.31 Å². The predicted octanol–water partition coefficient (Wildman–Crippen LogP) is 4.33. The first-order chi connectivity index (χ1) is 12.9. The Labute approximate surface area is 155 Å². The second-order valence-electron chi connectivity index (χ2n) is 5.40. The minimum atomic E-state index is -4.74. The van der Waals surface area contributed by atoms with Gasteiger partial charge in [-0.25, -0.2) is 4.31 Å². The summed E-state index contributed by atoms with van der Waals surface area (Å²) in [7, 11) is -4.74. The summed E-state index contributed by atoms with van der Waals surface area (Å²) >= 11 is 0. The molecule has 0 fully saturated rings. The Morgan fingerprint density at radius 3 is 2.07 bits per heavy atom. The molecule has 0 saturated carbocycles. The molecule has 0 aliphatic heterocycles. The van der Waals surface area contributed by atoms with E-state index in [1.54, 1.807) is 48.5 Å². The van der Waals surface area contributed by atoms with Crippen LogP contribution in [0.15, 0.2) is 78.9 Å². The largest absolute Gasteiger partial charge is 0.455 e. The maximum absolute atomic E-state index is 12.0. The Morgan fingerprint density at radius 1 is 0.926 bits per heavy atom. The van der Waals surface area contributed by atoms with Crippen LogP contribution in [0.5, 0.6) is 11.5 Å². The second-order valence-corrected chi connectivity index (χ2v) is 6.66. The van der Waals surface area contributed by atoms with Gasteiger partial charge in [0.15, 0.2) is 5.75 Å². The molecule has 9 heteroatoms. The van der Waals surface area contributed by atoms with E-state index in [2.05, 4.69) is 0 Å². The molecule has 0 bridgehead atoms. The lowest BCUT2D eigenvalue weighted by molar-refractivity contribution is -0.384. The molecule has 138 valence electrons. The Hall–Kier alpha value is -3.43. The van der Waals surface area contributed by atoms with Gasteiger partial charge in [0.25, 0.3) is 5.69 Å². The molecule has 3 aromatic rings. The van der Waals surface area contributed by atoms with E-state index in [0.717, 1.165) is 12.1 Å². The van der Waals surface area contributed by atoms with Crippen molar-refractivity contribution in [1.82, 2.24) is 0 Å². The molecule has 0 saturated heterocycles. The van der Waals surface area contributed by atoms with Gasteiger partial charge in [-0.15, -0.1) is 0 Å². The van der Waals surface area contributed by atoms with Crippen molar-refractivity contribution >= 4 is 27.4 Å². The van der Waals surface area contributed by atoms with E-state index in [1.807, 2.05) is 0 Å². The number of ether oxygens (including phenoxy) is 1. The van der Waals surface area contributed by atoms with Crippen molar-refractivity contribution in [1.29, 1.82) is 0 Å².